The lowest BCUT2D eigenvalue weighted by molar-refractivity contribution is -0.128. The van der Waals surface area contributed by atoms with E-state index in [1.165, 1.54) is 0 Å². The van der Waals surface area contributed by atoms with E-state index in [1.807, 2.05) is 25.1 Å². The second-order valence-electron chi connectivity index (χ2n) is 7.37. The van der Waals surface area contributed by atoms with Gasteiger partial charge in [0.25, 0.3) is 0 Å². The fourth-order valence-electron chi connectivity index (χ4n) is 3.64. The zero-order valence-corrected chi connectivity index (χ0v) is 14.3. The molecule has 130 valence electrons. The number of carbonyl (C=O) groups is 1. The van der Waals surface area contributed by atoms with Gasteiger partial charge in [-0.2, -0.15) is 0 Å². The Morgan fingerprint density at radius 1 is 1.29 bits per heavy atom. The number of amides is 1. The van der Waals surface area contributed by atoms with Crippen LogP contribution in [0, 0.1) is 0 Å². The van der Waals surface area contributed by atoms with Crippen molar-refractivity contribution in [1.82, 2.24) is 10.2 Å². The molecule has 1 aliphatic carbocycles. The van der Waals surface area contributed by atoms with Crippen LogP contribution >= 0.6 is 0 Å². The molecular formula is C19H26N2O3. The Hall–Kier alpha value is -1.59. The van der Waals surface area contributed by atoms with Gasteiger partial charge in [0.1, 0.15) is 11.4 Å². The lowest BCUT2D eigenvalue weighted by Gasteiger charge is -2.40. The molecule has 24 heavy (non-hydrogen) atoms. The Kier molecular flexibility index (Phi) is 4.22. The van der Waals surface area contributed by atoms with Gasteiger partial charge < -0.3 is 14.8 Å². The molecular weight excluding hydrogens is 304 g/mol. The van der Waals surface area contributed by atoms with E-state index in [1.54, 1.807) is 0 Å². The average molecular weight is 330 g/mol. The zero-order valence-electron chi connectivity index (χ0n) is 14.3. The topological polar surface area (TPSA) is 50.8 Å². The number of hydrogen-bond donors (Lipinski definition) is 1. The van der Waals surface area contributed by atoms with Gasteiger partial charge in [-0.3, -0.25) is 9.69 Å². The van der Waals surface area contributed by atoms with Crippen LogP contribution in [-0.4, -0.2) is 48.3 Å². The fraction of sp³-hybridized carbons (Fsp3) is 0.632. The first-order valence-electron chi connectivity index (χ1n) is 9.04. The molecule has 1 saturated carbocycles. The van der Waals surface area contributed by atoms with E-state index in [9.17, 15) is 4.79 Å². The molecule has 5 heteroatoms. The maximum Gasteiger partial charge on any atom is 0.237 e. The van der Waals surface area contributed by atoms with Crippen LogP contribution in [0.3, 0.4) is 0 Å². The number of nitrogens with zero attached hydrogens (tertiary/aromatic N) is 1. The highest BCUT2D eigenvalue weighted by Gasteiger charge is 2.41. The average Bonchev–Trinajstić information content (AvgIpc) is 3.40. The lowest BCUT2D eigenvalue weighted by atomic mass is 9.93. The number of para-hydroxylation sites is 1. The smallest absolute Gasteiger partial charge is 0.237 e. The molecule has 0 bridgehead atoms. The van der Waals surface area contributed by atoms with E-state index in [-0.39, 0.29) is 17.6 Å². The normalized spacial score (nSPS) is 24.5. The molecule has 5 nitrogen and oxygen atoms in total. The minimum Gasteiger partial charge on any atom is -0.485 e. The zero-order chi connectivity index (χ0) is 16.6. The summed E-state index contributed by atoms with van der Waals surface area (Å²) in [6.45, 7) is 4.97. The van der Waals surface area contributed by atoms with Gasteiger partial charge in [0, 0.05) is 37.5 Å². The quantitative estimate of drug-likeness (QED) is 0.922. The summed E-state index contributed by atoms with van der Waals surface area (Å²) in [6.07, 6.45) is 3.97. The monoisotopic (exact) mass is 330 g/mol. The predicted molar refractivity (Wildman–Crippen MR) is 90.9 cm³/mol. The summed E-state index contributed by atoms with van der Waals surface area (Å²) in [5, 5.41) is 3.14. The molecule has 2 fully saturated rings. The van der Waals surface area contributed by atoms with Crippen molar-refractivity contribution in [2.75, 3.05) is 19.8 Å². The van der Waals surface area contributed by atoms with E-state index < -0.39 is 0 Å². The Labute approximate surface area is 143 Å². The first-order chi connectivity index (χ1) is 11.7. The first kappa shape index (κ1) is 15.9. The van der Waals surface area contributed by atoms with Crippen molar-refractivity contribution < 1.29 is 14.3 Å². The second kappa shape index (κ2) is 6.37. The van der Waals surface area contributed by atoms with E-state index in [2.05, 4.69) is 16.3 Å². The number of ether oxygens (including phenoxy) is 2. The standard InChI is InChI=1S/C19H26N2O3/c1-14(18(22)20-16-6-7-16)21-12-15-4-2-3-5-17(15)24-19(13-21)8-10-23-11-9-19/h2-5,14,16H,6-13H2,1H3,(H,20,22). The maximum absolute atomic E-state index is 12.6. The molecule has 2 aliphatic heterocycles. The summed E-state index contributed by atoms with van der Waals surface area (Å²) < 4.78 is 12.0. The molecule has 0 radical (unpaired) electrons. The van der Waals surface area contributed by atoms with Crippen LogP contribution in [-0.2, 0) is 16.1 Å². The number of carbonyl (C=O) groups excluding carboxylic acids is 1. The molecule has 1 unspecified atom stereocenters. The molecule has 1 aromatic carbocycles. The van der Waals surface area contributed by atoms with Gasteiger partial charge in [-0.05, 0) is 25.8 Å². The van der Waals surface area contributed by atoms with Crippen molar-refractivity contribution in [1.29, 1.82) is 0 Å². The Balaban J connectivity index is 1.59. The van der Waals surface area contributed by atoms with Gasteiger partial charge in [0.05, 0.1) is 19.3 Å². The molecule has 1 saturated heterocycles. The Bertz CT molecular complexity index is 608. The lowest BCUT2D eigenvalue weighted by Crippen LogP contribution is -2.54. The highest BCUT2D eigenvalue weighted by Crippen LogP contribution is 2.35. The number of benzene rings is 1. The van der Waals surface area contributed by atoms with Gasteiger partial charge in [0.2, 0.25) is 5.91 Å². The number of rotatable bonds is 3. The highest BCUT2D eigenvalue weighted by molar-refractivity contribution is 5.81. The second-order valence-corrected chi connectivity index (χ2v) is 7.37. The minimum atomic E-state index is -0.251. The third-order valence-corrected chi connectivity index (χ3v) is 5.42. The summed E-state index contributed by atoms with van der Waals surface area (Å²) in [5.74, 6) is 1.09. The van der Waals surface area contributed by atoms with Crippen molar-refractivity contribution >= 4 is 5.91 Å². The third kappa shape index (κ3) is 3.28. The van der Waals surface area contributed by atoms with Crippen LogP contribution in [0.2, 0.25) is 0 Å². The van der Waals surface area contributed by atoms with Crippen molar-refractivity contribution in [3.8, 4) is 5.75 Å². The van der Waals surface area contributed by atoms with E-state index in [4.69, 9.17) is 9.47 Å². The number of fused-ring (bicyclic) bond motifs is 1. The van der Waals surface area contributed by atoms with Gasteiger partial charge >= 0.3 is 0 Å². The first-order valence-corrected chi connectivity index (χ1v) is 9.04. The molecule has 1 N–H and O–H groups in total. The SMILES string of the molecule is CC(C(=O)NC1CC1)N1Cc2ccccc2OC2(CCOCC2)C1. The van der Waals surface area contributed by atoms with Gasteiger partial charge in [-0.25, -0.2) is 0 Å². The number of hydrogen-bond acceptors (Lipinski definition) is 4. The maximum atomic E-state index is 12.6. The van der Waals surface area contributed by atoms with Crippen molar-refractivity contribution in [2.24, 2.45) is 0 Å². The van der Waals surface area contributed by atoms with Gasteiger partial charge in [-0.1, -0.05) is 18.2 Å². The van der Waals surface area contributed by atoms with Crippen LogP contribution in [0.5, 0.6) is 5.75 Å². The molecule has 3 aliphatic rings. The van der Waals surface area contributed by atoms with Crippen LogP contribution in [0.15, 0.2) is 24.3 Å². The molecule has 1 atom stereocenters. The van der Waals surface area contributed by atoms with E-state index in [0.717, 1.165) is 63.3 Å². The van der Waals surface area contributed by atoms with Crippen LogP contribution in [0.1, 0.15) is 38.2 Å². The van der Waals surface area contributed by atoms with Crippen LogP contribution in [0.4, 0.5) is 0 Å². The summed E-state index contributed by atoms with van der Waals surface area (Å²) in [6, 6.07) is 8.45. The molecule has 4 rings (SSSR count). The van der Waals surface area contributed by atoms with Gasteiger partial charge in [-0.15, -0.1) is 0 Å². The molecule has 1 spiro atoms. The van der Waals surface area contributed by atoms with Gasteiger partial charge in [0.15, 0.2) is 0 Å². The predicted octanol–water partition coefficient (Wildman–Crippen LogP) is 2.10. The van der Waals surface area contributed by atoms with Crippen LogP contribution < -0.4 is 10.1 Å². The van der Waals surface area contributed by atoms with Crippen molar-refractivity contribution in [2.45, 2.75) is 56.8 Å². The Morgan fingerprint density at radius 3 is 2.79 bits per heavy atom. The van der Waals surface area contributed by atoms with Crippen molar-refractivity contribution in [3.05, 3.63) is 29.8 Å². The third-order valence-electron chi connectivity index (χ3n) is 5.42. The highest BCUT2D eigenvalue weighted by atomic mass is 16.5. The number of nitrogens with one attached hydrogen (secondary N) is 1. The van der Waals surface area contributed by atoms with E-state index in [0.29, 0.717) is 6.04 Å². The summed E-state index contributed by atoms with van der Waals surface area (Å²) in [5.41, 5.74) is 0.908. The largest absolute Gasteiger partial charge is 0.485 e. The summed E-state index contributed by atoms with van der Waals surface area (Å²) in [7, 11) is 0. The summed E-state index contributed by atoms with van der Waals surface area (Å²) in [4.78, 5) is 14.8. The fourth-order valence-corrected chi connectivity index (χ4v) is 3.64. The molecule has 0 aromatic heterocycles. The van der Waals surface area contributed by atoms with E-state index >= 15 is 0 Å². The van der Waals surface area contributed by atoms with Crippen LogP contribution in [0.25, 0.3) is 0 Å². The summed E-state index contributed by atoms with van der Waals surface area (Å²) >= 11 is 0. The van der Waals surface area contributed by atoms with Crippen molar-refractivity contribution in [3.63, 3.8) is 0 Å². The Morgan fingerprint density at radius 2 is 2.04 bits per heavy atom. The molecule has 1 aromatic rings. The minimum absolute atomic E-state index is 0.138. The molecule has 2 heterocycles. The molecule has 1 amide bonds.